The molecule has 2 rings (SSSR count). The van der Waals surface area contributed by atoms with E-state index in [9.17, 15) is 0 Å². The maximum Gasteiger partial charge on any atom is 0.407 e. The van der Waals surface area contributed by atoms with Gasteiger partial charge in [0.05, 0.1) is 6.61 Å². The minimum Gasteiger partial charge on any atom is -0.388 e. The molecule has 0 fully saturated rings. The number of alkyl halides is 2. The molecule has 30 heavy (non-hydrogen) atoms. The van der Waals surface area contributed by atoms with Crippen molar-refractivity contribution >= 4 is 42.1 Å². The number of halogens is 2. The third-order valence-corrected chi connectivity index (χ3v) is 8.90. The van der Waals surface area contributed by atoms with Crippen molar-refractivity contribution < 1.29 is 8.85 Å². The van der Waals surface area contributed by atoms with Crippen LogP contribution in [0.1, 0.15) is 64.7 Å². The summed E-state index contributed by atoms with van der Waals surface area (Å²) in [5, 5.41) is 2.17. The molecule has 0 radical (unpaired) electrons. The fraction of sp³-hybridized carbons (Fsp3) is 0.520. The molecule has 0 aliphatic heterocycles. The highest BCUT2D eigenvalue weighted by Crippen LogP contribution is 2.15. The Morgan fingerprint density at radius 1 is 0.667 bits per heavy atom. The second-order valence-corrected chi connectivity index (χ2v) is 12.0. The minimum atomic E-state index is -2.87. The van der Waals surface area contributed by atoms with E-state index in [0.717, 1.165) is 16.8 Å². The Kier molecular flexibility index (Phi) is 12.7. The third-order valence-electron chi connectivity index (χ3n) is 5.27. The van der Waals surface area contributed by atoms with Gasteiger partial charge in [0.25, 0.3) is 0 Å². The van der Waals surface area contributed by atoms with Crippen molar-refractivity contribution in [3.63, 3.8) is 0 Å². The lowest BCUT2D eigenvalue weighted by Gasteiger charge is -2.32. The van der Waals surface area contributed by atoms with Crippen molar-refractivity contribution in [1.29, 1.82) is 0 Å². The molecule has 0 saturated heterocycles. The molecule has 0 aliphatic rings. The first-order chi connectivity index (χ1) is 14.7. The zero-order valence-corrected chi connectivity index (χ0v) is 20.7. The second kappa shape index (κ2) is 15.0. The van der Waals surface area contributed by atoms with E-state index in [4.69, 9.17) is 32.1 Å². The monoisotopic (exact) mass is 466 g/mol. The summed E-state index contributed by atoms with van der Waals surface area (Å²) in [6, 6.07) is 20.5. The predicted molar refractivity (Wildman–Crippen MR) is 133 cm³/mol. The number of hydrogen-bond donors (Lipinski definition) is 0. The highest BCUT2D eigenvalue weighted by atomic mass is 35.5. The van der Waals surface area contributed by atoms with Crippen molar-refractivity contribution in [3.05, 3.63) is 60.7 Å². The Labute approximate surface area is 194 Å². The average Bonchev–Trinajstić information content (AvgIpc) is 2.78. The van der Waals surface area contributed by atoms with Crippen molar-refractivity contribution in [2.24, 2.45) is 0 Å². The normalized spacial score (nSPS) is 11.9. The Hall–Kier alpha value is -0.843. The SMILES string of the molecule is CCCCCCCCCCCO[Si](OCC(Cl)Cl)(c1ccccc1)c1ccccc1. The number of benzene rings is 2. The smallest absolute Gasteiger partial charge is 0.388 e. The molecule has 0 atom stereocenters. The second-order valence-electron chi connectivity index (χ2n) is 7.73. The van der Waals surface area contributed by atoms with Crippen LogP contribution in [0.5, 0.6) is 0 Å². The molecular formula is C25H36Cl2O2Si. The molecular weight excluding hydrogens is 431 g/mol. The molecule has 2 nitrogen and oxygen atoms in total. The maximum atomic E-state index is 6.61. The van der Waals surface area contributed by atoms with E-state index in [-0.39, 0.29) is 6.61 Å². The molecule has 2 aromatic carbocycles. The first-order valence-electron chi connectivity index (χ1n) is 11.4. The lowest BCUT2D eigenvalue weighted by molar-refractivity contribution is 0.193. The van der Waals surface area contributed by atoms with Gasteiger partial charge in [0.1, 0.15) is 4.84 Å². The highest BCUT2D eigenvalue weighted by molar-refractivity contribution is 6.92. The van der Waals surface area contributed by atoms with Gasteiger partial charge < -0.3 is 8.85 Å². The standard InChI is InChI=1S/C25H36Cl2O2Si/c1-2-3-4-5-6-7-8-9-16-21-28-30(29-22-25(26)27,23-17-12-10-13-18-23)24-19-14-11-15-20-24/h10-15,17-20,25H,2-9,16,21-22H2,1H3. The fourth-order valence-electron chi connectivity index (χ4n) is 3.67. The van der Waals surface area contributed by atoms with Gasteiger partial charge in [-0.25, -0.2) is 0 Å². The van der Waals surface area contributed by atoms with Crippen molar-refractivity contribution in [2.45, 2.75) is 69.5 Å². The zero-order valence-electron chi connectivity index (χ0n) is 18.2. The Bertz CT molecular complexity index is 628. The Balaban J connectivity index is 1.98. The van der Waals surface area contributed by atoms with Crippen molar-refractivity contribution in [3.8, 4) is 0 Å². The molecule has 0 aliphatic carbocycles. The molecule has 2 aromatic rings. The molecule has 0 aromatic heterocycles. The summed E-state index contributed by atoms with van der Waals surface area (Å²) in [6.45, 7) is 3.19. The molecule has 0 N–H and O–H groups in total. The summed E-state index contributed by atoms with van der Waals surface area (Å²) < 4.78 is 13.0. The van der Waals surface area contributed by atoms with Crippen LogP contribution in [0, 0.1) is 0 Å². The summed E-state index contributed by atoms with van der Waals surface area (Å²) in [7, 11) is -2.87. The highest BCUT2D eigenvalue weighted by Gasteiger charge is 2.43. The van der Waals surface area contributed by atoms with Crippen LogP contribution in [-0.4, -0.2) is 26.6 Å². The molecule has 0 unspecified atom stereocenters. The van der Waals surface area contributed by atoms with Gasteiger partial charge in [0.15, 0.2) is 0 Å². The van der Waals surface area contributed by atoms with E-state index < -0.39 is 13.4 Å². The summed E-state index contributed by atoms with van der Waals surface area (Å²) in [5.74, 6) is 0. The first-order valence-corrected chi connectivity index (χ1v) is 14.0. The lowest BCUT2D eigenvalue weighted by Crippen LogP contribution is -2.63. The van der Waals surface area contributed by atoms with E-state index in [1.165, 1.54) is 51.4 Å². The number of rotatable bonds is 16. The quantitative estimate of drug-likeness (QED) is 0.157. The van der Waals surface area contributed by atoms with E-state index >= 15 is 0 Å². The van der Waals surface area contributed by atoms with Gasteiger partial charge in [-0.2, -0.15) is 0 Å². The predicted octanol–water partition coefficient (Wildman–Crippen LogP) is 6.61. The summed E-state index contributed by atoms with van der Waals surface area (Å²) >= 11 is 12.1. The van der Waals surface area contributed by atoms with Crippen LogP contribution < -0.4 is 10.4 Å². The van der Waals surface area contributed by atoms with Crippen LogP contribution in [0.2, 0.25) is 0 Å². The fourth-order valence-corrected chi connectivity index (χ4v) is 7.18. The van der Waals surface area contributed by atoms with Crippen LogP contribution in [0.3, 0.4) is 0 Å². The topological polar surface area (TPSA) is 18.5 Å². The molecule has 0 amide bonds. The summed E-state index contributed by atoms with van der Waals surface area (Å²) in [6.07, 6.45) is 11.6. The zero-order chi connectivity index (χ0) is 21.5. The largest absolute Gasteiger partial charge is 0.407 e. The van der Waals surface area contributed by atoms with E-state index in [1.54, 1.807) is 0 Å². The van der Waals surface area contributed by atoms with Crippen LogP contribution >= 0.6 is 23.2 Å². The molecule has 5 heteroatoms. The van der Waals surface area contributed by atoms with Crippen LogP contribution in [-0.2, 0) is 8.85 Å². The Morgan fingerprint density at radius 2 is 1.13 bits per heavy atom. The van der Waals surface area contributed by atoms with Crippen LogP contribution in [0.4, 0.5) is 0 Å². The third kappa shape index (κ3) is 8.72. The van der Waals surface area contributed by atoms with Crippen molar-refractivity contribution in [2.75, 3.05) is 13.2 Å². The summed E-state index contributed by atoms with van der Waals surface area (Å²) in [4.78, 5) is -0.583. The molecule has 0 heterocycles. The molecule has 0 spiro atoms. The van der Waals surface area contributed by atoms with E-state index in [0.29, 0.717) is 6.61 Å². The molecule has 0 bridgehead atoms. The van der Waals surface area contributed by atoms with Gasteiger partial charge in [0, 0.05) is 6.61 Å². The van der Waals surface area contributed by atoms with E-state index in [2.05, 4.69) is 31.2 Å². The number of unbranched alkanes of at least 4 members (excludes halogenated alkanes) is 8. The Morgan fingerprint density at radius 3 is 1.60 bits per heavy atom. The van der Waals surface area contributed by atoms with Gasteiger partial charge in [0.2, 0.25) is 0 Å². The van der Waals surface area contributed by atoms with Gasteiger partial charge in [-0.15, -0.1) is 23.2 Å². The van der Waals surface area contributed by atoms with Crippen molar-refractivity contribution in [1.82, 2.24) is 0 Å². The van der Waals surface area contributed by atoms with E-state index in [1.807, 2.05) is 36.4 Å². The van der Waals surface area contributed by atoms with Gasteiger partial charge in [-0.3, -0.25) is 0 Å². The van der Waals surface area contributed by atoms with Gasteiger partial charge in [-0.1, -0.05) is 119 Å². The van der Waals surface area contributed by atoms with Gasteiger partial charge in [-0.05, 0) is 16.8 Å². The molecule has 0 saturated carbocycles. The average molecular weight is 468 g/mol. The maximum absolute atomic E-state index is 6.61. The van der Waals surface area contributed by atoms with Gasteiger partial charge >= 0.3 is 8.56 Å². The lowest BCUT2D eigenvalue weighted by atomic mass is 10.1. The van der Waals surface area contributed by atoms with Crippen LogP contribution in [0.25, 0.3) is 0 Å². The first kappa shape index (κ1) is 25.4. The number of hydrogen-bond acceptors (Lipinski definition) is 2. The molecule has 166 valence electrons. The summed E-state index contributed by atoms with van der Waals surface area (Å²) in [5.41, 5.74) is 0. The minimum absolute atomic E-state index is 0.247. The van der Waals surface area contributed by atoms with Crippen LogP contribution in [0.15, 0.2) is 60.7 Å².